The number of aliphatic hydroxyl groups excluding tert-OH is 2. The van der Waals surface area contributed by atoms with E-state index in [2.05, 4.69) is 84.4 Å². The molecule has 41 heavy (non-hydrogen) atoms. The predicted octanol–water partition coefficient (Wildman–Crippen LogP) is 5.54. The number of hydrogen-bond acceptors (Lipinski definition) is 7. The van der Waals surface area contributed by atoms with E-state index in [1.54, 1.807) is 10.8 Å². The molecule has 0 aliphatic heterocycles. The van der Waals surface area contributed by atoms with Crippen molar-refractivity contribution in [1.29, 1.82) is 0 Å². The lowest BCUT2D eigenvalue weighted by Gasteiger charge is -2.29. The topological polar surface area (TPSA) is 125 Å². The molecular formula is C32H53N3O4S2. The van der Waals surface area contributed by atoms with Gasteiger partial charge in [0.1, 0.15) is 0 Å². The third-order valence-electron chi connectivity index (χ3n) is 5.67. The Bertz CT molecular complexity index is 867. The minimum atomic E-state index is -1.00. The second-order valence-electron chi connectivity index (χ2n) is 9.87. The lowest BCUT2D eigenvalue weighted by atomic mass is 10.0. The summed E-state index contributed by atoms with van der Waals surface area (Å²) in [5.74, 6) is 0.336. The first-order chi connectivity index (χ1) is 19.7. The van der Waals surface area contributed by atoms with E-state index in [0.29, 0.717) is 25.1 Å². The van der Waals surface area contributed by atoms with Crippen molar-refractivity contribution in [3.8, 4) is 0 Å². The van der Waals surface area contributed by atoms with E-state index in [1.165, 1.54) is 10.8 Å². The molecular weight excluding hydrogens is 555 g/mol. The van der Waals surface area contributed by atoms with Crippen LogP contribution in [0.2, 0.25) is 0 Å². The van der Waals surface area contributed by atoms with Crippen LogP contribution in [0.15, 0.2) is 72.9 Å². The Morgan fingerprint density at radius 2 is 1.32 bits per heavy atom. The smallest absolute Gasteiger partial charge is 0.238 e. The maximum absolute atomic E-state index is 12.2. The molecule has 0 saturated carbocycles. The van der Waals surface area contributed by atoms with Gasteiger partial charge in [-0.15, -0.1) is 0 Å². The van der Waals surface area contributed by atoms with E-state index in [4.69, 9.17) is 10.8 Å². The average molecular weight is 608 g/mol. The van der Waals surface area contributed by atoms with E-state index in [1.807, 2.05) is 19.9 Å². The molecule has 0 rings (SSSR count). The number of carbonyl (C=O) groups is 2. The molecule has 0 aromatic heterocycles. The Hall–Kier alpha value is -2.04. The molecule has 0 aromatic rings. The zero-order chi connectivity index (χ0) is 30.6. The largest absolute Gasteiger partial charge is 0.394 e. The Morgan fingerprint density at radius 3 is 1.80 bits per heavy atom. The van der Waals surface area contributed by atoms with Gasteiger partial charge in [0.2, 0.25) is 11.8 Å². The lowest BCUT2D eigenvalue weighted by molar-refractivity contribution is -0.123. The number of nitrogens with one attached hydrogen (secondary N) is 2. The summed E-state index contributed by atoms with van der Waals surface area (Å²) in [5, 5.41) is 23.7. The summed E-state index contributed by atoms with van der Waals surface area (Å²) in [5.41, 5.74) is 6.07. The van der Waals surface area contributed by atoms with Gasteiger partial charge in [-0.1, -0.05) is 101 Å². The van der Waals surface area contributed by atoms with Gasteiger partial charge in [0.05, 0.1) is 18.8 Å². The second kappa shape index (κ2) is 26.8. The summed E-state index contributed by atoms with van der Waals surface area (Å²) in [6.07, 6.45) is 32.0. The third-order valence-corrected chi connectivity index (χ3v) is 8.98. The number of rotatable bonds is 24. The molecule has 2 atom stereocenters. The maximum Gasteiger partial charge on any atom is 0.238 e. The molecule has 0 heterocycles. The number of allylic oxidation sites excluding steroid dienone is 12. The van der Waals surface area contributed by atoms with Crippen molar-refractivity contribution >= 4 is 33.4 Å². The first-order valence-electron chi connectivity index (χ1n) is 14.5. The number of amides is 2. The molecule has 0 aliphatic carbocycles. The van der Waals surface area contributed by atoms with Crippen molar-refractivity contribution in [3.63, 3.8) is 0 Å². The van der Waals surface area contributed by atoms with Crippen LogP contribution in [0.5, 0.6) is 0 Å². The predicted molar refractivity (Wildman–Crippen MR) is 179 cm³/mol. The highest BCUT2D eigenvalue weighted by molar-refractivity contribution is 8.77. The molecule has 0 aliphatic rings. The molecule has 0 unspecified atom stereocenters. The fraction of sp³-hybridized carbons (Fsp3) is 0.562. The zero-order valence-electron chi connectivity index (χ0n) is 25.2. The third kappa shape index (κ3) is 24.3. The summed E-state index contributed by atoms with van der Waals surface area (Å²) in [7, 11) is 3.03. The quantitative estimate of drug-likeness (QED) is 0.0555. The molecule has 6 N–H and O–H groups in total. The highest BCUT2D eigenvalue weighted by atomic mass is 33.1. The second-order valence-corrected chi connectivity index (χ2v) is 12.9. The van der Waals surface area contributed by atoms with Gasteiger partial charge in [0.25, 0.3) is 0 Å². The van der Waals surface area contributed by atoms with Crippen LogP contribution in [0.25, 0.3) is 0 Å². The van der Waals surface area contributed by atoms with Crippen molar-refractivity contribution in [1.82, 2.24) is 10.6 Å². The summed E-state index contributed by atoms with van der Waals surface area (Å²) in [6.45, 7) is 5.98. The molecule has 7 nitrogen and oxygen atoms in total. The zero-order valence-corrected chi connectivity index (χ0v) is 26.8. The van der Waals surface area contributed by atoms with E-state index < -0.39 is 23.5 Å². The van der Waals surface area contributed by atoms with Crippen LogP contribution in [0.3, 0.4) is 0 Å². The molecule has 2 amide bonds. The van der Waals surface area contributed by atoms with Gasteiger partial charge in [0, 0.05) is 30.0 Å². The van der Waals surface area contributed by atoms with Crippen molar-refractivity contribution in [2.45, 2.75) is 89.0 Å². The molecule has 0 fully saturated rings. The van der Waals surface area contributed by atoms with Gasteiger partial charge in [0.15, 0.2) is 0 Å². The minimum Gasteiger partial charge on any atom is -0.394 e. The fourth-order valence-electron chi connectivity index (χ4n) is 3.13. The Balaban J connectivity index is 3.83. The van der Waals surface area contributed by atoms with Crippen LogP contribution in [-0.2, 0) is 9.59 Å². The highest BCUT2D eigenvalue weighted by Crippen LogP contribution is 2.37. The van der Waals surface area contributed by atoms with Crippen LogP contribution in [0, 0.1) is 0 Å². The van der Waals surface area contributed by atoms with E-state index in [-0.39, 0.29) is 18.4 Å². The van der Waals surface area contributed by atoms with Crippen molar-refractivity contribution < 1.29 is 19.8 Å². The molecule has 0 saturated heterocycles. The molecule has 0 bridgehead atoms. The summed E-state index contributed by atoms with van der Waals surface area (Å²) < 4.78 is -0.543. The number of hydrogen-bond donors (Lipinski definition) is 5. The van der Waals surface area contributed by atoms with Gasteiger partial charge in [-0.3, -0.25) is 9.59 Å². The van der Waals surface area contributed by atoms with Gasteiger partial charge in [-0.2, -0.15) is 0 Å². The SMILES string of the molecule is CC/C=C\C/C=C\C/C=C\C/C=C\C/C=C\C/C=C\CCC(=O)NCCSSC(C)(C)[C@H](N)C(=O)NC[C@@H](O)CO. The van der Waals surface area contributed by atoms with Crippen LogP contribution in [-0.4, -0.2) is 64.4 Å². The normalized spacial score (nSPS) is 14.4. The van der Waals surface area contributed by atoms with Crippen molar-refractivity contribution in [2.24, 2.45) is 5.73 Å². The van der Waals surface area contributed by atoms with Crippen LogP contribution in [0.1, 0.15) is 72.1 Å². The van der Waals surface area contributed by atoms with Crippen LogP contribution >= 0.6 is 21.6 Å². The Kier molecular flexibility index (Phi) is 25.5. The van der Waals surface area contributed by atoms with Crippen LogP contribution < -0.4 is 16.4 Å². The van der Waals surface area contributed by atoms with E-state index in [0.717, 1.165) is 38.5 Å². The highest BCUT2D eigenvalue weighted by Gasteiger charge is 2.33. The number of nitrogens with two attached hydrogens (primary N) is 1. The Morgan fingerprint density at radius 1 is 0.829 bits per heavy atom. The van der Waals surface area contributed by atoms with E-state index >= 15 is 0 Å². The summed E-state index contributed by atoms with van der Waals surface area (Å²) in [4.78, 5) is 24.2. The first-order valence-corrected chi connectivity index (χ1v) is 16.9. The molecule has 0 spiro atoms. The first kappa shape index (κ1) is 39.0. The van der Waals surface area contributed by atoms with E-state index in [9.17, 15) is 14.7 Å². The number of aliphatic hydroxyl groups is 2. The van der Waals surface area contributed by atoms with Gasteiger partial charge in [-0.05, 0) is 58.8 Å². The summed E-state index contributed by atoms with van der Waals surface area (Å²) in [6, 6.07) is -0.776. The number of carbonyl (C=O) groups excluding carboxylic acids is 2. The molecule has 232 valence electrons. The van der Waals surface area contributed by atoms with Gasteiger partial charge in [-0.25, -0.2) is 0 Å². The lowest BCUT2D eigenvalue weighted by Crippen LogP contribution is -2.53. The minimum absolute atomic E-state index is 0.0212. The average Bonchev–Trinajstić information content (AvgIpc) is 2.96. The molecule has 0 radical (unpaired) electrons. The Labute approximate surface area is 256 Å². The van der Waals surface area contributed by atoms with Gasteiger partial charge < -0.3 is 26.6 Å². The molecule has 0 aromatic carbocycles. The fourth-order valence-corrected chi connectivity index (χ4v) is 5.63. The van der Waals surface area contributed by atoms with Crippen LogP contribution in [0.4, 0.5) is 0 Å². The van der Waals surface area contributed by atoms with Crippen molar-refractivity contribution in [3.05, 3.63) is 72.9 Å². The van der Waals surface area contributed by atoms with Crippen molar-refractivity contribution in [2.75, 3.05) is 25.4 Å². The van der Waals surface area contributed by atoms with Gasteiger partial charge >= 0.3 is 0 Å². The molecule has 9 heteroatoms. The standard InChI is InChI=1S/C32H53N3O4S2/c1-4-5-6-7-8-9-10-11-12-13-14-15-16-17-18-19-20-21-22-23-29(38)34-24-25-40-41-32(2,3)30(33)31(39)35-26-28(37)27-36/h5-6,8-9,11-12,14-15,17-18,20-21,28,30,36-37H,4,7,10,13,16,19,22-27,33H2,1-3H3,(H,34,38)(H,35,39)/b6-5-,9-8-,12-11-,15-14-,18-17-,21-20-/t28-,30-/m1/s1. The monoisotopic (exact) mass is 607 g/mol. The maximum atomic E-state index is 12.2. The summed E-state index contributed by atoms with van der Waals surface area (Å²) >= 11 is 0.